The summed E-state index contributed by atoms with van der Waals surface area (Å²) in [6, 6.07) is 17.7. The lowest BCUT2D eigenvalue weighted by molar-refractivity contribution is -0.117. The first-order valence-corrected chi connectivity index (χ1v) is 10.8. The standard InChI is InChI=1S/C24H25N3O2S/c1-15(2)18-8-10-19(11-9-18)27-23(29)21(13-17-7-5-6-16(3)12-17)30-24(27)20(14-25)22(28)26-4/h5-12,15,21H,13H2,1-4H3,(H,26,28)/b24-20-. The van der Waals surface area contributed by atoms with Crippen LogP contribution in [0.2, 0.25) is 0 Å². The molecule has 1 aliphatic heterocycles. The third-order valence-corrected chi connectivity index (χ3v) is 6.32. The summed E-state index contributed by atoms with van der Waals surface area (Å²) >= 11 is 1.28. The van der Waals surface area contributed by atoms with Crippen molar-refractivity contribution in [2.45, 2.75) is 38.4 Å². The van der Waals surface area contributed by atoms with E-state index in [1.165, 1.54) is 23.7 Å². The zero-order chi connectivity index (χ0) is 21.8. The topological polar surface area (TPSA) is 73.2 Å². The zero-order valence-corrected chi connectivity index (χ0v) is 18.4. The van der Waals surface area contributed by atoms with Crippen LogP contribution >= 0.6 is 11.8 Å². The Morgan fingerprint density at radius 3 is 2.50 bits per heavy atom. The molecule has 6 heteroatoms. The van der Waals surface area contributed by atoms with Crippen LogP contribution in [-0.2, 0) is 16.0 Å². The average Bonchev–Trinajstić information content (AvgIpc) is 3.04. The second kappa shape index (κ2) is 9.19. The van der Waals surface area contributed by atoms with Crippen LogP contribution < -0.4 is 10.2 Å². The maximum Gasteiger partial charge on any atom is 0.264 e. The summed E-state index contributed by atoms with van der Waals surface area (Å²) in [4.78, 5) is 27.2. The van der Waals surface area contributed by atoms with E-state index in [4.69, 9.17) is 0 Å². The highest BCUT2D eigenvalue weighted by Gasteiger charge is 2.40. The molecule has 0 aromatic heterocycles. The molecule has 2 aromatic carbocycles. The third-order valence-electron chi connectivity index (χ3n) is 5.05. The van der Waals surface area contributed by atoms with Crippen LogP contribution in [0, 0.1) is 18.3 Å². The molecule has 3 rings (SSSR count). The third kappa shape index (κ3) is 4.42. The summed E-state index contributed by atoms with van der Waals surface area (Å²) in [5, 5.41) is 12.1. The Labute approximate surface area is 181 Å². The van der Waals surface area contributed by atoms with Gasteiger partial charge in [0.2, 0.25) is 5.91 Å². The van der Waals surface area contributed by atoms with Crippen LogP contribution in [0.25, 0.3) is 0 Å². The van der Waals surface area contributed by atoms with Crippen LogP contribution in [0.5, 0.6) is 0 Å². The van der Waals surface area contributed by atoms with Crippen LogP contribution in [0.4, 0.5) is 5.69 Å². The average molecular weight is 420 g/mol. The van der Waals surface area contributed by atoms with Crippen molar-refractivity contribution in [3.63, 3.8) is 0 Å². The number of hydrogen-bond donors (Lipinski definition) is 1. The largest absolute Gasteiger partial charge is 0.354 e. The lowest BCUT2D eigenvalue weighted by atomic mass is 10.0. The molecule has 0 radical (unpaired) electrons. The Kier molecular flexibility index (Phi) is 6.63. The quantitative estimate of drug-likeness (QED) is 0.580. The van der Waals surface area contributed by atoms with Gasteiger partial charge in [-0.25, -0.2) is 0 Å². The summed E-state index contributed by atoms with van der Waals surface area (Å²) in [6.07, 6.45) is 0.529. The van der Waals surface area contributed by atoms with E-state index in [1.807, 2.05) is 55.5 Å². The van der Waals surface area contributed by atoms with Gasteiger partial charge in [-0.1, -0.05) is 67.6 Å². The molecule has 1 saturated heterocycles. The molecule has 0 bridgehead atoms. The van der Waals surface area contributed by atoms with Gasteiger partial charge in [0.1, 0.15) is 16.7 Å². The first-order valence-electron chi connectivity index (χ1n) is 9.88. The van der Waals surface area contributed by atoms with Crippen molar-refractivity contribution in [1.29, 1.82) is 5.26 Å². The van der Waals surface area contributed by atoms with E-state index in [1.54, 1.807) is 0 Å². The number of anilines is 1. The fourth-order valence-electron chi connectivity index (χ4n) is 3.41. The number of rotatable bonds is 5. The van der Waals surface area contributed by atoms with E-state index in [9.17, 15) is 14.9 Å². The van der Waals surface area contributed by atoms with Crippen molar-refractivity contribution in [3.05, 3.63) is 75.8 Å². The minimum absolute atomic E-state index is 0.0458. The summed E-state index contributed by atoms with van der Waals surface area (Å²) in [6.45, 7) is 6.23. The number of benzene rings is 2. The molecule has 5 nitrogen and oxygen atoms in total. The number of thioether (sulfide) groups is 1. The molecule has 0 saturated carbocycles. The number of nitriles is 1. The Hall–Kier alpha value is -3.04. The van der Waals surface area contributed by atoms with Crippen LogP contribution in [0.15, 0.2) is 59.1 Å². The van der Waals surface area contributed by atoms with E-state index in [2.05, 4.69) is 25.2 Å². The normalized spacial score (nSPS) is 17.8. The van der Waals surface area contributed by atoms with Gasteiger partial charge in [-0.15, -0.1) is 0 Å². The SMILES string of the molecule is CNC(=O)/C(C#N)=C1\SC(Cc2cccc(C)c2)C(=O)N1c1ccc(C(C)C)cc1. The summed E-state index contributed by atoms with van der Waals surface area (Å²) in [5.41, 5.74) is 3.95. The molecule has 1 unspecified atom stereocenters. The van der Waals surface area contributed by atoms with Gasteiger partial charge in [-0.2, -0.15) is 5.26 Å². The Bertz CT molecular complexity index is 1040. The smallest absolute Gasteiger partial charge is 0.264 e. The van der Waals surface area contributed by atoms with Gasteiger partial charge < -0.3 is 5.32 Å². The minimum Gasteiger partial charge on any atom is -0.354 e. The summed E-state index contributed by atoms with van der Waals surface area (Å²) in [5.74, 6) is -0.245. The first-order chi connectivity index (χ1) is 14.3. The van der Waals surface area contributed by atoms with Crippen molar-refractivity contribution in [2.24, 2.45) is 0 Å². The van der Waals surface area contributed by atoms with Gasteiger partial charge in [-0.05, 0) is 42.5 Å². The van der Waals surface area contributed by atoms with Crippen molar-refractivity contribution < 1.29 is 9.59 Å². The number of likely N-dealkylation sites (N-methyl/N-ethyl adjacent to an activating group) is 1. The number of nitrogens with zero attached hydrogens (tertiary/aromatic N) is 2. The summed E-state index contributed by atoms with van der Waals surface area (Å²) in [7, 11) is 1.48. The molecule has 30 heavy (non-hydrogen) atoms. The predicted octanol–water partition coefficient (Wildman–Crippen LogP) is 4.29. The Morgan fingerprint density at radius 2 is 1.93 bits per heavy atom. The van der Waals surface area contributed by atoms with E-state index in [-0.39, 0.29) is 11.5 Å². The van der Waals surface area contributed by atoms with Crippen molar-refractivity contribution in [2.75, 3.05) is 11.9 Å². The number of hydrogen-bond acceptors (Lipinski definition) is 4. The van der Waals surface area contributed by atoms with Crippen molar-refractivity contribution in [1.82, 2.24) is 5.32 Å². The fraction of sp³-hybridized carbons (Fsp3) is 0.292. The second-order valence-electron chi connectivity index (χ2n) is 7.59. The van der Waals surface area contributed by atoms with Gasteiger partial charge in [0.05, 0.1) is 5.25 Å². The molecule has 1 N–H and O–H groups in total. The molecule has 2 aromatic rings. The highest BCUT2D eigenvalue weighted by molar-refractivity contribution is 8.05. The van der Waals surface area contributed by atoms with E-state index in [0.29, 0.717) is 23.1 Å². The molecule has 1 atom stereocenters. The van der Waals surface area contributed by atoms with E-state index in [0.717, 1.165) is 16.7 Å². The first kappa shape index (κ1) is 21.7. The lowest BCUT2D eigenvalue weighted by Crippen LogP contribution is -2.31. The van der Waals surface area contributed by atoms with Gasteiger partial charge >= 0.3 is 0 Å². The fourth-order valence-corrected chi connectivity index (χ4v) is 4.72. The predicted molar refractivity (Wildman–Crippen MR) is 121 cm³/mol. The number of aryl methyl sites for hydroxylation is 1. The van der Waals surface area contributed by atoms with Crippen LogP contribution in [0.1, 0.15) is 36.5 Å². The van der Waals surface area contributed by atoms with Crippen molar-refractivity contribution >= 4 is 29.3 Å². The van der Waals surface area contributed by atoms with Crippen LogP contribution in [0.3, 0.4) is 0 Å². The molecule has 0 aliphatic carbocycles. The number of carbonyl (C=O) groups is 2. The van der Waals surface area contributed by atoms with E-state index >= 15 is 0 Å². The highest BCUT2D eigenvalue weighted by Crippen LogP contribution is 2.42. The molecule has 2 amide bonds. The number of nitrogens with one attached hydrogen (secondary N) is 1. The monoisotopic (exact) mass is 419 g/mol. The highest BCUT2D eigenvalue weighted by atomic mass is 32.2. The molecule has 154 valence electrons. The van der Waals surface area contributed by atoms with Crippen molar-refractivity contribution in [3.8, 4) is 6.07 Å². The molecular formula is C24H25N3O2S. The Balaban J connectivity index is 2.03. The molecular weight excluding hydrogens is 394 g/mol. The van der Waals surface area contributed by atoms with Gasteiger partial charge in [0, 0.05) is 12.7 Å². The van der Waals surface area contributed by atoms with Gasteiger partial charge in [0.25, 0.3) is 5.91 Å². The number of carbonyl (C=O) groups excluding carboxylic acids is 2. The molecule has 1 heterocycles. The molecule has 1 fully saturated rings. The maximum absolute atomic E-state index is 13.4. The molecule has 1 aliphatic rings. The Morgan fingerprint density at radius 1 is 1.23 bits per heavy atom. The minimum atomic E-state index is -0.493. The number of amides is 2. The van der Waals surface area contributed by atoms with Crippen LogP contribution in [-0.4, -0.2) is 24.1 Å². The lowest BCUT2D eigenvalue weighted by Gasteiger charge is -2.19. The van der Waals surface area contributed by atoms with Gasteiger partial charge in [0.15, 0.2) is 0 Å². The summed E-state index contributed by atoms with van der Waals surface area (Å²) < 4.78 is 0. The maximum atomic E-state index is 13.4. The van der Waals surface area contributed by atoms with E-state index < -0.39 is 11.2 Å². The van der Waals surface area contributed by atoms with Gasteiger partial charge in [-0.3, -0.25) is 14.5 Å². The zero-order valence-electron chi connectivity index (χ0n) is 17.6. The molecule has 0 spiro atoms. The second-order valence-corrected chi connectivity index (χ2v) is 8.78.